The molecule has 1 rings (SSSR count). The van der Waals surface area contributed by atoms with Crippen molar-refractivity contribution in [1.82, 2.24) is 5.32 Å². The zero-order valence-electron chi connectivity index (χ0n) is 12.7. The van der Waals surface area contributed by atoms with E-state index in [0.29, 0.717) is 11.0 Å². The largest absolute Gasteiger partial charge is 0.348 e. The molecule has 0 radical (unpaired) electrons. The molecule has 124 valence electrons. The lowest BCUT2D eigenvalue weighted by Crippen LogP contribution is -2.57. The van der Waals surface area contributed by atoms with Crippen molar-refractivity contribution in [3.8, 4) is 0 Å². The van der Waals surface area contributed by atoms with Crippen molar-refractivity contribution < 1.29 is 30.7 Å². The molecular weight excluding hydrogens is 320 g/mol. The van der Waals surface area contributed by atoms with Crippen molar-refractivity contribution in [2.24, 2.45) is 0 Å². The predicted molar refractivity (Wildman–Crippen MR) is 78.1 cm³/mol. The van der Waals surface area contributed by atoms with Crippen LogP contribution in [-0.4, -0.2) is 81.8 Å². The fourth-order valence-electron chi connectivity index (χ4n) is 2.37. The fraction of sp³-hybridized carbons (Fsp3) is 0.909. The average molecular weight is 343 g/mol. The van der Waals surface area contributed by atoms with Gasteiger partial charge in [-0.2, -0.15) is 8.42 Å². The Labute approximate surface area is 125 Å². The first-order valence-corrected chi connectivity index (χ1v) is 9.75. The molecular formula is C11H23N2O6S2+. The summed E-state index contributed by atoms with van der Waals surface area (Å²) in [6.45, 7) is 1.85. The minimum absolute atomic E-state index is 0.136. The molecule has 0 aromatic heterocycles. The van der Waals surface area contributed by atoms with E-state index in [1.54, 1.807) is 0 Å². The molecule has 0 aliphatic carbocycles. The number of nitrogens with one attached hydrogen (secondary N) is 1. The molecule has 8 nitrogen and oxygen atoms in total. The highest BCUT2D eigenvalue weighted by Gasteiger charge is 2.54. The SMILES string of the molecule is C[C@]1(NC(=O)CC[N+](C)(C)C)CS(=O)(=O)C[C@H]1S(=O)(=O)O. The molecule has 0 aromatic carbocycles. The molecule has 1 amide bonds. The van der Waals surface area contributed by atoms with Gasteiger partial charge in [-0.05, 0) is 6.92 Å². The molecule has 1 heterocycles. The van der Waals surface area contributed by atoms with E-state index in [2.05, 4.69) is 5.32 Å². The van der Waals surface area contributed by atoms with Crippen molar-refractivity contribution >= 4 is 25.9 Å². The van der Waals surface area contributed by atoms with Gasteiger partial charge < -0.3 is 9.80 Å². The molecule has 1 fully saturated rings. The second kappa shape index (κ2) is 5.49. The molecule has 0 unspecified atom stereocenters. The molecule has 21 heavy (non-hydrogen) atoms. The second-order valence-corrected chi connectivity index (χ2v) is 10.5. The van der Waals surface area contributed by atoms with Gasteiger partial charge in [-0.25, -0.2) is 8.42 Å². The third kappa shape index (κ3) is 5.20. The van der Waals surface area contributed by atoms with E-state index in [-0.39, 0.29) is 6.42 Å². The smallest absolute Gasteiger partial charge is 0.271 e. The summed E-state index contributed by atoms with van der Waals surface area (Å²) >= 11 is 0. The minimum atomic E-state index is -4.57. The summed E-state index contributed by atoms with van der Waals surface area (Å²) in [6.07, 6.45) is 0.136. The van der Waals surface area contributed by atoms with Crippen LogP contribution in [0.3, 0.4) is 0 Å². The van der Waals surface area contributed by atoms with E-state index in [1.807, 2.05) is 21.1 Å². The number of hydrogen-bond donors (Lipinski definition) is 2. The van der Waals surface area contributed by atoms with Gasteiger partial charge in [-0.15, -0.1) is 0 Å². The van der Waals surface area contributed by atoms with Crippen LogP contribution >= 0.6 is 0 Å². The normalized spacial score (nSPS) is 29.3. The van der Waals surface area contributed by atoms with E-state index < -0.39 is 48.2 Å². The number of sulfone groups is 1. The van der Waals surface area contributed by atoms with Crippen LogP contribution in [0, 0.1) is 0 Å². The lowest BCUT2D eigenvalue weighted by atomic mass is 10.0. The summed E-state index contributed by atoms with van der Waals surface area (Å²) in [5.74, 6) is -1.62. The lowest BCUT2D eigenvalue weighted by Gasteiger charge is -2.30. The highest BCUT2D eigenvalue weighted by Crippen LogP contribution is 2.28. The van der Waals surface area contributed by atoms with Crippen LogP contribution in [0.1, 0.15) is 13.3 Å². The molecule has 1 aliphatic rings. The topological polar surface area (TPSA) is 118 Å². The molecule has 0 aromatic rings. The number of nitrogens with zero attached hydrogens (tertiary/aromatic N) is 1. The summed E-state index contributed by atoms with van der Waals surface area (Å²) in [6, 6.07) is 0. The number of quaternary nitrogens is 1. The van der Waals surface area contributed by atoms with Gasteiger partial charge >= 0.3 is 0 Å². The molecule has 1 aliphatic heterocycles. The zero-order chi connectivity index (χ0) is 16.7. The monoisotopic (exact) mass is 343 g/mol. The van der Waals surface area contributed by atoms with Gasteiger partial charge in [0.15, 0.2) is 9.84 Å². The quantitative estimate of drug-likeness (QED) is 0.470. The molecule has 1 saturated heterocycles. The van der Waals surface area contributed by atoms with E-state index in [0.717, 1.165) is 0 Å². The number of rotatable bonds is 5. The third-order valence-corrected chi connectivity index (χ3v) is 6.93. The van der Waals surface area contributed by atoms with Gasteiger partial charge in [-0.3, -0.25) is 9.35 Å². The van der Waals surface area contributed by atoms with Crippen LogP contribution < -0.4 is 5.32 Å². The van der Waals surface area contributed by atoms with Gasteiger partial charge in [0.25, 0.3) is 10.1 Å². The number of amides is 1. The Kier molecular flexibility index (Phi) is 4.79. The summed E-state index contributed by atoms with van der Waals surface area (Å²) in [5.41, 5.74) is -1.51. The summed E-state index contributed by atoms with van der Waals surface area (Å²) in [5, 5.41) is 0.934. The van der Waals surface area contributed by atoms with Gasteiger partial charge in [0.2, 0.25) is 5.91 Å². The summed E-state index contributed by atoms with van der Waals surface area (Å²) in [4.78, 5) is 11.9. The molecule has 0 saturated carbocycles. The molecule has 0 bridgehead atoms. The van der Waals surface area contributed by atoms with Crippen LogP contribution in [0.5, 0.6) is 0 Å². The minimum Gasteiger partial charge on any atom is -0.348 e. The zero-order valence-corrected chi connectivity index (χ0v) is 14.3. The maximum absolute atomic E-state index is 11.9. The van der Waals surface area contributed by atoms with Crippen molar-refractivity contribution in [1.29, 1.82) is 0 Å². The molecule has 2 N–H and O–H groups in total. The average Bonchev–Trinajstić information content (AvgIpc) is 2.44. The first kappa shape index (κ1) is 18.3. The first-order chi connectivity index (χ1) is 9.15. The predicted octanol–water partition coefficient (Wildman–Crippen LogP) is -1.36. The fourth-order valence-corrected chi connectivity index (χ4v) is 6.72. The highest BCUT2D eigenvalue weighted by molar-refractivity contribution is 7.94. The standard InChI is InChI=1S/C11H22N2O6S2/c1-11(12-10(14)5-6-13(2,3)4)8-20(15,16)7-9(11)21(17,18)19/h9H,5-8H2,1-4H3,(H-,12,14,17,18,19)/p+1/t9-,11+/m1/s1. The van der Waals surface area contributed by atoms with Crippen LogP contribution in [0.4, 0.5) is 0 Å². The Bertz CT molecular complexity index is 620. The third-order valence-electron chi connectivity index (χ3n) is 3.43. The maximum atomic E-state index is 11.9. The van der Waals surface area contributed by atoms with E-state index in [9.17, 15) is 26.2 Å². The number of carbonyl (C=O) groups excluding carboxylic acids is 1. The van der Waals surface area contributed by atoms with Gasteiger partial charge in [-0.1, -0.05) is 0 Å². The van der Waals surface area contributed by atoms with E-state index >= 15 is 0 Å². The van der Waals surface area contributed by atoms with Gasteiger partial charge in [0.05, 0.1) is 51.2 Å². The first-order valence-electron chi connectivity index (χ1n) is 6.43. The Morgan fingerprint density at radius 3 is 2.33 bits per heavy atom. The summed E-state index contributed by atoms with van der Waals surface area (Å²) in [7, 11) is -2.50. The second-order valence-electron chi connectivity index (χ2n) is 6.79. The Hall–Kier alpha value is -0.710. The van der Waals surface area contributed by atoms with Crippen molar-refractivity contribution in [2.45, 2.75) is 24.1 Å². The number of hydrogen-bond acceptors (Lipinski definition) is 5. The van der Waals surface area contributed by atoms with Gasteiger partial charge in [0.1, 0.15) is 5.25 Å². The van der Waals surface area contributed by atoms with E-state index in [4.69, 9.17) is 0 Å². The van der Waals surface area contributed by atoms with Crippen LogP contribution in [0.25, 0.3) is 0 Å². The highest BCUT2D eigenvalue weighted by atomic mass is 32.2. The van der Waals surface area contributed by atoms with E-state index in [1.165, 1.54) is 6.92 Å². The van der Waals surface area contributed by atoms with Crippen LogP contribution in [-0.2, 0) is 24.7 Å². The van der Waals surface area contributed by atoms with Crippen molar-refractivity contribution in [3.05, 3.63) is 0 Å². The molecule has 10 heteroatoms. The molecule has 2 atom stereocenters. The van der Waals surface area contributed by atoms with Gasteiger partial charge in [0, 0.05) is 0 Å². The van der Waals surface area contributed by atoms with Crippen molar-refractivity contribution in [3.63, 3.8) is 0 Å². The Balaban J connectivity index is 2.90. The van der Waals surface area contributed by atoms with Crippen LogP contribution in [0.15, 0.2) is 0 Å². The number of carbonyl (C=O) groups is 1. The lowest BCUT2D eigenvalue weighted by molar-refractivity contribution is -0.869. The maximum Gasteiger partial charge on any atom is 0.271 e. The van der Waals surface area contributed by atoms with Crippen LogP contribution in [0.2, 0.25) is 0 Å². The molecule has 0 spiro atoms. The van der Waals surface area contributed by atoms with Crippen molar-refractivity contribution in [2.75, 3.05) is 39.2 Å². The summed E-state index contributed by atoms with van der Waals surface area (Å²) < 4.78 is 55.8. The Morgan fingerprint density at radius 2 is 1.90 bits per heavy atom. The Morgan fingerprint density at radius 1 is 1.38 bits per heavy atom.